The summed E-state index contributed by atoms with van der Waals surface area (Å²) in [7, 11) is 0. The summed E-state index contributed by atoms with van der Waals surface area (Å²) in [6, 6.07) is 16.9. The van der Waals surface area contributed by atoms with Crippen molar-refractivity contribution in [1.29, 1.82) is 0 Å². The zero-order valence-corrected chi connectivity index (χ0v) is 12.1. The first-order valence-corrected chi connectivity index (χ1v) is 7.82. The number of fused-ring (bicyclic) bond motifs is 1. The maximum atomic E-state index is 4.32. The van der Waals surface area contributed by atoms with Crippen LogP contribution in [0.4, 0.5) is 0 Å². The van der Waals surface area contributed by atoms with Crippen LogP contribution < -0.4 is 0 Å². The van der Waals surface area contributed by atoms with Crippen molar-refractivity contribution in [2.75, 3.05) is 0 Å². The summed E-state index contributed by atoms with van der Waals surface area (Å²) in [4.78, 5) is 0. The first-order valence-electron chi connectivity index (χ1n) is 7.82. The van der Waals surface area contributed by atoms with E-state index in [-0.39, 0.29) is 0 Å². The number of rotatable bonds is 2. The Hall–Kier alpha value is -2.16. The van der Waals surface area contributed by atoms with E-state index in [2.05, 4.69) is 40.6 Å². The van der Waals surface area contributed by atoms with Crippen molar-refractivity contribution < 1.29 is 0 Å². The van der Waals surface area contributed by atoms with Crippen LogP contribution in [0.2, 0.25) is 0 Å². The Labute approximate surface area is 124 Å². The standard InChI is InChI=1S/C18H19N3/c1-2-7-14(8-3-1)15-9-6-10-16(13-15)21-18-12-5-4-11-17(18)19-20-21/h4-6,9-14H,1-3,7-8H2. The fourth-order valence-corrected chi connectivity index (χ4v) is 3.41. The van der Waals surface area contributed by atoms with E-state index in [1.807, 2.05) is 22.9 Å². The van der Waals surface area contributed by atoms with Crippen LogP contribution in [0.25, 0.3) is 16.7 Å². The second-order valence-electron chi connectivity index (χ2n) is 5.92. The molecular weight excluding hydrogens is 258 g/mol. The summed E-state index contributed by atoms with van der Waals surface area (Å²) >= 11 is 0. The van der Waals surface area contributed by atoms with Gasteiger partial charge in [0, 0.05) is 0 Å². The lowest BCUT2D eigenvalue weighted by molar-refractivity contribution is 0.443. The highest BCUT2D eigenvalue weighted by atomic mass is 15.4. The van der Waals surface area contributed by atoms with Gasteiger partial charge in [-0.1, -0.05) is 48.7 Å². The normalized spacial score (nSPS) is 16.4. The van der Waals surface area contributed by atoms with Crippen molar-refractivity contribution in [3.05, 3.63) is 54.1 Å². The summed E-state index contributed by atoms with van der Waals surface area (Å²) in [6.45, 7) is 0. The molecule has 3 nitrogen and oxygen atoms in total. The molecule has 1 saturated carbocycles. The highest BCUT2D eigenvalue weighted by molar-refractivity contribution is 5.75. The summed E-state index contributed by atoms with van der Waals surface area (Å²) in [5.74, 6) is 0.716. The maximum absolute atomic E-state index is 4.32. The molecule has 21 heavy (non-hydrogen) atoms. The molecule has 1 aliphatic rings. The molecule has 0 spiro atoms. The van der Waals surface area contributed by atoms with E-state index < -0.39 is 0 Å². The average Bonchev–Trinajstić information content (AvgIpc) is 3.00. The molecule has 1 aliphatic carbocycles. The molecule has 3 heteroatoms. The third-order valence-electron chi connectivity index (χ3n) is 4.54. The van der Waals surface area contributed by atoms with Gasteiger partial charge in [0.25, 0.3) is 0 Å². The second kappa shape index (κ2) is 5.32. The monoisotopic (exact) mass is 277 g/mol. The molecule has 3 aromatic rings. The summed E-state index contributed by atoms with van der Waals surface area (Å²) < 4.78 is 1.95. The molecule has 0 radical (unpaired) electrons. The van der Waals surface area contributed by atoms with Crippen LogP contribution in [-0.4, -0.2) is 15.0 Å². The minimum Gasteiger partial charge on any atom is -0.213 e. The number of hydrogen-bond acceptors (Lipinski definition) is 2. The van der Waals surface area contributed by atoms with Gasteiger partial charge in [-0.2, -0.15) is 0 Å². The number of para-hydroxylation sites is 1. The zero-order chi connectivity index (χ0) is 14.1. The van der Waals surface area contributed by atoms with Gasteiger partial charge in [-0.25, -0.2) is 4.68 Å². The van der Waals surface area contributed by atoms with Crippen molar-refractivity contribution in [2.45, 2.75) is 38.0 Å². The van der Waals surface area contributed by atoms with E-state index in [1.54, 1.807) is 0 Å². The smallest absolute Gasteiger partial charge is 0.113 e. The zero-order valence-electron chi connectivity index (χ0n) is 12.1. The van der Waals surface area contributed by atoms with Gasteiger partial charge in [-0.05, 0) is 48.6 Å². The largest absolute Gasteiger partial charge is 0.213 e. The topological polar surface area (TPSA) is 30.7 Å². The summed E-state index contributed by atoms with van der Waals surface area (Å²) in [5, 5.41) is 8.57. The van der Waals surface area contributed by atoms with Gasteiger partial charge >= 0.3 is 0 Å². The molecule has 1 fully saturated rings. The van der Waals surface area contributed by atoms with Crippen LogP contribution >= 0.6 is 0 Å². The highest BCUT2D eigenvalue weighted by Gasteiger charge is 2.16. The maximum Gasteiger partial charge on any atom is 0.113 e. The minimum atomic E-state index is 0.716. The van der Waals surface area contributed by atoms with Crippen LogP contribution in [0.3, 0.4) is 0 Å². The van der Waals surface area contributed by atoms with Gasteiger partial charge in [-0.15, -0.1) is 5.10 Å². The Morgan fingerprint density at radius 1 is 0.905 bits per heavy atom. The predicted octanol–water partition coefficient (Wildman–Crippen LogP) is 4.47. The van der Waals surface area contributed by atoms with Gasteiger partial charge in [0.1, 0.15) is 5.52 Å². The Bertz CT molecular complexity index is 754. The molecule has 0 bridgehead atoms. The van der Waals surface area contributed by atoms with Crippen molar-refractivity contribution in [3.8, 4) is 5.69 Å². The van der Waals surface area contributed by atoms with E-state index in [0.717, 1.165) is 16.7 Å². The van der Waals surface area contributed by atoms with Crippen molar-refractivity contribution in [1.82, 2.24) is 15.0 Å². The molecule has 1 heterocycles. The van der Waals surface area contributed by atoms with Crippen LogP contribution in [0, 0.1) is 0 Å². The van der Waals surface area contributed by atoms with Gasteiger partial charge in [-0.3, -0.25) is 0 Å². The van der Waals surface area contributed by atoms with Crippen LogP contribution in [0.15, 0.2) is 48.5 Å². The lowest BCUT2D eigenvalue weighted by Gasteiger charge is -2.22. The number of benzene rings is 2. The van der Waals surface area contributed by atoms with E-state index in [4.69, 9.17) is 0 Å². The molecule has 0 saturated heterocycles. The number of nitrogens with zero attached hydrogens (tertiary/aromatic N) is 3. The summed E-state index contributed by atoms with van der Waals surface area (Å²) in [6.07, 6.45) is 6.76. The molecule has 0 amide bonds. The molecule has 4 rings (SSSR count). The number of aromatic nitrogens is 3. The lowest BCUT2D eigenvalue weighted by atomic mass is 9.84. The van der Waals surface area contributed by atoms with Gasteiger partial charge < -0.3 is 0 Å². The van der Waals surface area contributed by atoms with Crippen LogP contribution in [0.1, 0.15) is 43.6 Å². The van der Waals surface area contributed by atoms with Crippen LogP contribution in [0.5, 0.6) is 0 Å². The number of hydrogen-bond donors (Lipinski definition) is 0. The lowest BCUT2D eigenvalue weighted by Crippen LogP contribution is -2.05. The van der Waals surface area contributed by atoms with Gasteiger partial charge in [0.15, 0.2) is 0 Å². The average molecular weight is 277 g/mol. The van der Waals surface area contributed by atoms with Crippen molar-refractivity contribution >= 4 is 11.0 Å². The van der Waals surface area contributed by atoms with Crippen molar-refractivity contribution in [2.24, 2.45) is 0 Å². The van der Waals surface area contributed by atoms with Gasteiger partial charge in [0.2, 0.25) is 0 Å². The Kier molecular flexibility index (Phi) is 3.18. The highest BCUT2D eigenvalue weighted by Crippen LogP contribution is 2.33. The molecule has 0 N–H and O–H groups in total. The fourth-order valence-electron chi connectivity index (χ4n) is 3.41. The third-order valence-corrected chi connectivity index (χ3v) is 4.54. The second-order valence-corrected chi connectivity index (χ2v) is 5.92. The van der Waals surface area contributed by atoms with E-state index in [0.29, 0.717) is 5.92 Å². The Morgan fingerprint density at radius 2 is 1.76 bits per heavy atom. The molecule has 2 aromatic carbocycles. The fraction of sp³-hybridized carbons (Fsp3) is 0.333. The molecule has 0 unspecified atom stereocenters. The SMILES string of the molecule is c1cc(C2CCCCC2)cc(-n2nnc3ccccc32)c1. The van der Waals surface area contributed by atoms with E-state index in [1.165, 1.54) is 37.7 Å². The van der Waals surface area contributed by atoms with Crippen molar-refractivity contribution in [3.63, 3.8) is 0 Å². The predicted molar refractivity (Wildman–Crippen MR) is 84.7 cm³/mol. The van der Waals surface area contributed by atoms with Gasteiger partial charge in [0.05, 0.1) is 11.2 Å². The molecule has 0 atom stereocenters. The molecule has 1 aromatic heterocycles. The minimum absolute atomic E-state index is 0.716. The molecule has 0 aliphatic heterocycles. The summed E-state index contributed by atoms with van der Waals surface area (Å²) in [5.41, 5.74) is 4.58. The first-order chi connectivity index (χ1) is 10.4. The molecular formula is C18H19N3. The first kappa shape index (κ1) is 12.6. The molecule has 106 valence electrons. The van der Waals surface area contributed by atoms with E-state index in [9.17, 15) is 0 Å². The Balaban J connectivity index is 1.75. The Morgan fingerprint density at radius 3 is 2.67 bits per heavy atom. The quantitative estimate of drug-likeness (QED) is 0.692. The third kappa shape index (κ3) is 2.33. The van der Waals surface area contributed by atoms with Crippen LogP contribution in [-0.2, 0) is 0 Å². The van der Waals surface area contributed by atoms with E-state index >= 15 is 0 Å².